The molecule has 0 aliphatic rings. The number of methoxy groups -OCH3 is 2. The average molecular weight is 276 g/mol. The van der Waals surface area contributed by atoms with E-state index in [9.17, 15) is 4.39 Å². The van der Waals surface area contributed by atoms with Gasteiger partial charge in [0.1, 0.15) is 17.3 Å². The van der Waals surface area contributed by atoms with E-state index < -0.39 is 0 Å². The van der Waals surface area contributed by atoms with E-state index in [1.165, 1.54) is 13.2 Å². The SMILES string of the molecule is CNC(c1cncc(OC)c1)c1ccc(OC)cc1F. The second kappa shape index (κ2) is 6.34. The van der Waals surface area contributed by atoms with Crippen LogP contribution in [0.3, 0.4) is 0 Å². The maximum Gasteiger partial charge on any atom is 0.137 e. The summed E-state index contributed by atoms with van der Waals surface area (Å²) in [4.78, 5) is 4.10. The zero-order valence-electron chi connectivity index (χ0n) is 11.7. The van der Waals surface area contributed by atoms with Crippen LogP contribution in [0.5, 0.6) is 11.5 Å². The third-order valence-electron chi connectivity index (χ3n) is 3.11. The molecule has 1 aromatic carbocycles. The summed E-state index contributed by atoms with van der Waals surface area (Å²) in [7, 11) is 4.85. The molecule has 1 unspecified atom stereocenters. The minimum atomic E-state index is -0.327. The summed E-state index contributed by atoms with van der Waals surface area (Å²) in [6, 6.07) is 6.33. The molecule has 0 spiro atoms. The van der Waals surface area contributed by atoms with Gasteiger partial charge in [0.05, 0.1) is 26.5 Å². The molecule has 2 rings (SSSR count). The van der Waals surface area contributed by atoms with Gasteiger partial charge in [-0.25, -0.2) is 4.39 Å². The number of ether oxygens (including phenoxy) is 2. The van der Waals surface area contributed by atoms with Gasteiger partial charge >= 0.3 is 0 Å². The van der Waals surface area contributed by atoms with Crippen LogP contribution in [0, 0.1) is 5.82 Å². The number of halogens is 1. The summed E-state index contributed by atoms with van der Waals surface area (Å²) in [5.74, 6) is 0.799. The van der Waals surface area contributed by atoms with E-state index in [0.29, 0.717) is 17.1 Å². The Labute approximate surface area is 117 Å². The Morgan fingerprint density at radius 1 is 1.10 bits per heavy atom. The molecule has 0 saturated carbocycles. The van der Waals surface area contributed by atoms with E-state index in [0.717, 1.165) is 5.56 Å². The average Bonchev–Trinajstić information content (AvgIpc) is 2.49. The summed E-state index contributed by atoms with van der Waals surface area (Å²) in [6.45, 7) is 0. The van der Waals surface area contributed by atoms with E-state index in [4.69, 9.17) is 9.47 Å². The molecule has 2 aromatic rings. The lowest BCUT2D eigenvalue weighted by Gasteiger charge is -2.18. The quantitative estimate of drug-likeness (QED) is 0.911. The van der Waals surface area contributed by atoms with Crippen molar-refractivity contribution in [3.05, 3.63) is 53.6 Å². The van der Waals surface area contributed by atoms with Gasteiger partial charge < -0.3 is 14.8 Å². The minimum absolute atomic E-state index is 0.302. The van der Waals surface area contributed by atoms with Crippen LogP contribution in [0.4, 0.5) is 4.39 Å². The van der Waals surface area contributed by atoms with Gasteiger partial charge in [0.25, 0.3) is 0 Å². The fourth-order valence-electron chi connectivity index (χ4n) is 2.08. The molecule has 4 nitrogen and oxygen atoms in total. The summed E-state index contributed by atoms with van der Waals surface area (Å²) < 4.78 is 24.3. The molecule has 106 valence electrons. The Bertz CT molecular complexity index is 590. The van der Waals surface area contributed by atoms with Crippen molar-refractivity contribution >= 4 is 0 Å². The number of rotatable bonds is 5. The number of pyridine rings is 1. The maximum atomic E-state index is 14.2. The second-order valence-corrected chi connectivity index (χ2v) is 4.27. The lowest BCUT2D eigenvalue weighted by Crippen LogP contribution is -2.19. The molecule has 1 aromatic heterocycles. The molecular formula is C15H17FN2O2. The summed E-state index contributed by atoms with van der Waals surface area (Å²) in [5, 5.41) is 3.09. The highest BCUT2D eigenvalue weighted by Gasteiger charge is 2.17. The molecule has 0 amide bonds. The molecule has 0 aliphatic carbocycles. The smallest absolute Gasteiger partial charge is 0.137 e. The van der Waals surface area contributed by atoms with Crippen LogP contribution in [-0.4, -0.2) is 26.3 Å². The van der Waals surface area contributed by atoms with E-state index in [1.807, 2.05) is 6.07 Å². The van der Waals surface area contributed by atoms with Crippen molar-refractivity contribution in [3.63, 3.8) is 0 Å². The van der Waals surface area contributed by atoms with Crippen LogP contribution < -0.4 is 14.8 Å². The van der Waals surface area contributed by atoms with Gasteiger partial charge in [-0.1, -0.05) is 6.07 Å². The molecule has 0 aliphatic heterocycles. The predicted molar refractivity (Wildman–Crippen MR) is 74.6 cm³/mol. The maximum absolute atomic E-state index is 14.2. The van der Waals surface area contributed by atoms with Crippen molar-refractivity contribution in [2.24, 2.45) is 0 Å². The van der Waals surface area contributed by atoms with Gasteiger partial charge in [-0.15, -0.1) is 0 Å². The summed E-state index contributed by atoms with van der Waals surface area (Å²) in [5.41, 5.74) is 1.36. The van der Waals surface area contributed by atoms with Crippen molar-refractivity contribution in [1.29, 1.82) is 0 Å². The van der Waals surface area contributed by atoms with Crippen LogP contribution in [0.15, 0.2) is 36.7 Å². The van der Waals surface area contributed by atoms with Gasteiger partial charge in [0.15, 0.2) is 0 Å². The van der Waals surface area contributed by atoms with Crippen molar-refractivity contribution in [2.75, 3.05) is 21.3 Å². The molecule has 5 heteroatoms. The molecule has 0 saturated heterocycles. The van der Waals surface area contributed by atoms with Gasteiger partial charge in [0, 0.05) is 17.8 Å². The van der Waals surface area contributed by atoms with Gasteiger partial charge in [-0.2, -0.15) is 0 Å². The van der Waals surface area contributed by atoms with Gasteiger partial charge in [0.2, 0.25) is 0 Å². The molecule has 0 fully saturated rings. The second-order valence-electron chi connectivity index (χ2n) is 4.27. The number of nitrogens with one attached hydrogen (secondary N) is 1. The fourth-order valence-corrected chi connectivity index (χ4v) is 2.08. The topological polar surface area (TPSA) is 43.4 Å². The van der Waals surface area contributed by atoms with E-state index in [2.05, 4.69) is 10.3 Å². The fraction of sp³-hybridized carbons (Fsp3) is 0.267. The van der Waals surface area contributed by atoms with Gasteiger partial charge in [-0.05, 0) is 24.7 Å². The molecule has 20 heavy (non-hydrogen) atoms. The summed E-state index contributed by atoms with van der Waals surface area (Å²) >= 11 is 0. The Balaban J connectivity index is 2.41. The molecule has 1 N–H and O–H groups in total. The monoisotopic (exact) mass is 276 g/mol. The third kappa shape index (κ3) is 2.88. The molecule has 1 atom stereocenters. The first-order valence-corrected chi connectivity index (χ1v) is 6.19. The first kappa shape index (κ1) is 14.3. The van der Waals surface area contributed by atoms with Crippen LogP contribution in [-0.2, 0) is 0 Å². The van der Waals surface area contributed by atoms with E-state index >= 15 is 0 Å². The van der Waals surface area contributed by atoms with Crippen LogP contribution in [0.2, 0.25) is 0 Å². The highest BCUT2D eigenvalue weighted by molar-refractivity contribution is 5.37. The Kier molecular flexibility index (Phi) is 4.53. The van der Waals surface area contributed by atoms with E-state index in [1.54, 1.807) is 38.7 Å². The number of hydrogen-bond acceptors (Lipinski definition) is 4. The molecule has 0 bridgehead atoms. The largest absolute Gasteiger partial charge is 0.497 e. The number of aromatic nitrogens is 1. The van der Waals surface area contributed by atoms with Crippen LogP contribution >= 0.6 is 0 Å². The predicted octanol–water partition coefficient (Wildman–Crippen LogP) is 2.55. The highest BCUT2D eigenvalue weighted by Crippen LogP contribution is 2.28. The van der Waals surface area contributed by atoms with Crippen LogP contribution in [0.1, 0.15) is 17.2 Å². The lowest BCUT2D eigenvalue weighted by molar-refractivity contribution is 0.409. The Morgan fingerprint density at radius 2 is 1.85 bits per heavy atom. The van der Waals surface area contributed by atoms with Crippen molar-refractivity contribution < 1.29 is 13.9 Å². The number of nitrogens with zero attached hydrogens (tertiary/aromatic N) is 1. The Hall–Kier alpha value is -2.14. The minimum Gasteiger partial charge on any atom is -0.497 e. The standard InChI is InChI=1S/C15H17FN2O2/c1-17-15(10-6-12(20-3)9-18-8-10)13-5-4-11(19-2)7-14(13)16/h4-9,15,17H,1-3H3. The zero-order chi connectivity index (χ0) is 14.5. The molecular weight excluding hydrogens is 259 g/mol. The van der Waals surface area contributed by atoms with Crippen molar-refractivity contribution in [3.8, 4) is 11.5 Å². The normalized spacial score (nSPS) is 12.0. The van der Waals surface area contributed by atoms with Gasteiger partial charge in [-0.3, -0.25) is 4.98 Å². The number of benzene rings is 1. The third-order valence-corrected chi connectivity index (χ3v) is 3.11. The zero-order valence-corrected chi connectivity index (χ0v) is 11.7. The molecule has 1 heterocycles. The first-order chi connectivity index (χ1) is 9.69. The Morgan fingerprint density at radius 3 is 2.45 bits per heavy atom. The first-order valence-electron chi connectivity index (χ1n) is 6.19. The van der Waals surface area contributed by atoms with Crippen molar-refractivity contribution in [2.45, 2.75) is 6.04 Å². The number of hydrogen-bond donors (Lipinski definition) is 1. The van der Waals surface area contributed by atoms with Crippen LogP contribution in [0.25, 0.3) is 0 Å². The van der Waals surface area contributed by atoms with E-state index in [-0.39, 0.29) is 11.9 Å². The highest BCUT2D eigenvalue weighted by atomic mass is 19.1. The summed E-state index contributed by atoms with van der Waals surface area (Å²) in [6.07, 6.45) is 3.30. The molecule has 0 radical (unpaired) electrons. The van der Waals surface area contributed by atoms with Crippen molar-refractivity contribution in [1.82, 2.24) is 10.3 Å². The lowest BCUT2D eigenvalue weighted by atomic mass is 9.99.